The lowest BCUT2D eigenvalue weighted by molar-refractivity contribution is 0.0986. The van der Waals surface area contributed by atoms with Gasteiger partial charge in [-0.15, -0.1) is 0 Å². The van der Waals surface area contributed by atoms with Gasteiger partial charge >= 0.3 is 10.4 Å². The van der Waals surface area contributed by atoms with Crippen molar-refractivity contribution in [3.05, 3.63) is 58.9 Å². The quantitative estimate of drug-likeness (QED) is 0.645. The third kappa shape index (κ3) is 3.95. The van der Waals surface area contributed by atoms with Crippen molar-refractivity contribution in [2.24, 2.45) is 5.16 Å². The number of oxime groups is 1. The predicted octanol–water partition coefficient (Wildman–Crippen LogP) is 2.31. The van der Waals surface area contributed by atoms with Gasteiger partial charge < -0.3 is 4.90 Å². The number of aromatic nitrogens is 1. The number of fused-ring (bicyclic) bond motifs is 1. The van der Waals surface area contributed by atoms with E-state index < -0.39 is 10.4 Å². The normalized spacial score (nSPS) is 15.8. The molecule has 0 unspecified atom stereocenters. The number of halogens is 1. The van der Waals surface area contributed by atoms with E-state index in [1.54, 1.807) is 36.5 Å². The molecule has 1 aliphatic rings. The van der Waals surface area contributed by atoms with Gasteiger partial charge in [0.15, 0.2) is 0 Å². The lowest BCUT2D eigenvalue weighted by atomic mass is 9.99. The molecule has 3 rings (SSSR count). The Hall–Kier alpha value is -2.49. The van der Waals surface area contributed by atoms with Crippen LogP contribution in [0.2, 0.25) is 5.02 Å². The van der Waals surface area contributed by atoms with Crippen molar-refractivity contribution in [1.82, 2.24) is 4.98 Å². The third-order valence-electron chi connectivity index (χ3n) is 3.53. The Morgan fingerprint density at radius 3 is 2.84 bits per heavy atom. The van der Waals surface area contributed by atoms with Crippen LogP contribution < -0.4 is 4.90 Å². The first-order chi connectivity index (χ1) is 11.8. The second kappa shape index (κ2) is 6.79. The molecular formula is C15H12ClN3O5S. The average molecular weight is 382 g/mol. The molecule has 1 aromatic carbocycles. The highest BCUT2D eigenvalue weighted by Gasteiger charge is 2.28. The first-order valence-corrected chi connectivity index (χ1v) is 8.84. The Morgan fingerprint density at radius 1 is 1.36 bits per heavy atom. The van der Waals surface area contributed by atoms with Crippen molar-refractivity contribution in [1.29, 1.82) is 0 Å². The van der Waals surface area contributed by atoms with E-state index in [2.05, 4.69) is 14.4 Å². The van der Waals surface area contributed by atoms with Crippen LogP contribution in [-0.4, -0.2) is 36.1 Å². The molecule has 0 fully saturated rings. The van der Waals surface area contributed by atoms with Crippen molar-refractivity contribution < 1.29 is 22.0 Å². The van der Waals surface area contributed by atoms with Gasteiger partial charge in [-0.3, -0.25) is 14.3 Å². The first-order valence-electron chi connectivity index (χ1n) is 7.10. The number of hydrogen-bond acceptors (Lipinski definition) is 6. The number of carbonyl (C=O) groups is 1. The van der Waals surface area contributed by atoms with Crippen LogP contribution in [0.5, 0.6) is 0 Å². The van der Waals surface area contributed by atoms with Crippen LogP contribution in [0.4, 0.5) is 5.69 Å². The summed E-state index contributed by atoms with van der Waals surface area (Å²) < 4.78 is 34.2. The highest BCUT2D eigenvalue weighted by Crippen LogP contribution is 2.31. The van der Waals surface area contributed by atoms with Gasteiger partial charge in [0.1, 0.15) is 0 Å². The number of benzene rings is 1. The second-order valence-electron chi connectivity index (χ2n) is 5.15. The maximum Gasteiger partial charge on any atom is 0.466 e. The summed E-state index contributed by atoms with van der Waals surface area (Å²) in [6.45, 7) is 0.231. The highest BCUT2D eigenvalue weighted by atomic mass is 35.5. The summed E-state index contributed by atoms with van der Waals surface area (Å²) in [4.78, 5) is 18.2. The van der Waals surface area contributed by atoms with Crippen molar-refractivity contribution >= 4 is 39.3 Å². The SMILES string of the molecule is O=C(c1cccnc1)N1CC/C(=N\OS(=O)(=O)O)c2ccc(Cl)cc21. The predicted molar refractivity (Wildman–Crippen MR) is 91.2 cm³/mol. The summed E-state index contributed by atoms with van der Waals surface area (Å²) in [6, 6.07) is 8.06. The van der Waals surface area contributed by atoms with Crippen LogP contribution in [0.25, 0.3) is 0 Å². The molecule has 0 aliphatic carbocycles. The van der Waals surface area contributed by atoms with E-state index in [-0.39, 0.29) is 24.6 Å². The molecule has 2 aromatic rings. The van der Waals surface area contributed by atoms with Gasteiger partial charge in [0.25, 0.3) is 5.91 Å². The number of hydrogen-bond donors (Lipinski definition) is 1. The van der Waals surface area contributed by atoms with Gasteiger partial charge in [0, 0.05) is 35.9 Å². The fourth-order valence-corrected chi connectivity index (χ4v) is 2.84. The average Bonchev–Trinajstić information content (AvgIpc) is 2.59. The molecule has 1 amide bonds. The lowest BCUT2D eigenvalue weighted by Gasteiger charge is -2.30. The van der Waals surface area contributed by atoms with Crippen molar-refractivity contribution in [3.63, 3.8) is 0 Å². The van der Waals surface area contributed by atoms with E-state index in [0.717, 1.165) is 0 Å². The van der Waals surface area contributed by atoms with E-state index in [0.29, 0.717) is 21.8 Å². The number of carbonyl (C=O) groups excluding carboxylic acids is 1. The zero-order valence-corrected chi connectivity index (χ0v) is 14.2. The summed E-state index contributed by atoms with van der Waals surface area (Å²) >= 11 is 6.03. The third-order valence-corrected chi connectivity index (χ3v) is 4.03. The minimum Gasteiger partial charge on any atom is -0.307 e. The molecule has 0 spiro atoms. The number of anilines is 1. The molecule has 1 aliphatic heterocycles. The minimum absolute atomic E-state index is 0.231. The zero-order chi connectivity index (χ0) is 18.0. The van der Waals surface area contributed by atoms with Crippen LogP contribution in [-0.2, 0) is 14.7 Å². The number of nitrogens with zero attached hydrogens (tertiary/aromatic N) is 3. The van der Waals surface area contributed by atoms with E-state index >= 15 is 0 Å². The number of rotatable bonds is 3. The van der Waals surface area contributed by atoms with Crippen LogP contribution >= 0.6 is 11.6 Å². The minimum atomic E-state index is -4.71. The van der Waals surface area contributed by atoms with Gasteiger partial charge in [-0.05, 0) is 30.3 Å². The molecule has 0 saturated carbocycles. The molecule has 0 radical (unpaired) electrons. The van der Waals surface area contributed by atoms with Crippen molar-refractivity contribution in [2.75, 3.05) is 11.4 Å². The molecule has 0 bridgehead atoms. The van der Waals surface area contributed by atoms with Crippen LogP contribution in [0, 0.1) is 0 Å². The smallest absolute Gasteiger partial charge is 0.307 e. The highest BCUT2D eigenvalue weighted by molar-refractivity contribution is 7.80. The van der Waals surface area contributed by atoms with Gasteiger partial charge in [0.2, 0.25) is 0 Å². The Bertz CT molecular complexity index is 947. The van der Waals surface area contributed by atoms with Crippen LogP contribution in [0.3, 0.4) is 0 Å². The molecule has 0 atom stereocenters. The number of amides is 1. The fraction of sp³-hybridized carbons (Fsp3) is 0.133. The van der Waals surface area contributed by atoms with E-state index in [4.69, 9.17) is 16.2 Å². The van der Waals surface area contributed by atoms with Gasteiger partial charge in [-0.25, -0.2) is 4.28 Å². The van der Waals surface area contributed by atoms with E-state index in [1.165, 1.54) is 11.1 Å². The van der Waals surface area contributed by atoms with Crippen molar-refractivity contribution in [2.45, 2.75) is 6.42 Å². The van der Waals surface area contributed by atoms with Crippen LogP contribution in [0.15, 0.2) is 47.9 Å². The molecule has 10 heteroatoms. The molecule has 1 N–H and O–H groups in total. The monoisotopic (exact) mass is 381 g/mol. The number of pyridine rings is 1. The summed E-state index contributed by atoms with van der Waals surface area (Å²) in [5, 5.41) is 3.88. The Labute approximate surface area is 148 Å². The molecule has 2 heterocycles. The standard InChI is InChI=1S/C15H12ClN3O5S/c16-11-3-4-12-13(18-24-25(21,22)23)5-7-19(14(12)8-11)15(20)10-2-1-6-17-9-10/h1-4,6,8-9H,5,7H2,(H,21,22,23)/b18-13+. The Kier molecular flexibility index (Phi) is 4.71. The lowest BCUT2D eigenvalue weighted by Crippen LogP contribution is -2.37. The largest absolute Gasteiger partial charge is 0.466 e. The van der Waals surface area contributed by atoms with Gasteiger partial charge in [-0.2, -0.15) is 8.42 Å². The molecule has 25 heavy (non-hydrogen) atoms. The maximum atomic E-state index is 12.7. The molecule has 8 nitrogen and oxygen atoms in total. The molecule has 1 aromatic heterocycles. The van der Waals surface area contributed by atoms with E-state index in [9.17, 15) is 13.2 Å². The van der Waals surface area contributed by atoms with Crippen molar-refractivity contribution in [3.8, 4) is 0 Å². The summed E-state index contributed by atoms with van der Waals surface area (Å²) in [7, 11) is -4.71. The molecule has 0 saturated heterocycles. The summed E-state index contributed by atoms with van der Waals surface area (Å²) in [5.41, 5.74) is 1.63. The molecular weight excluding hydrogens is 370 g/mol. The zero-order valence-electron chi connectivity index (χ0n) is 12.7. The van der Waals surface area contributed by atoms with Crippen LogP contribution in [0.1, 0.15) is 22.3 Å². The Balaban J connectivity index is 2.01. The first kappa shape index (κ1) is 17.3. The maximum absolute atomic E-state index is 12.7. The van der Waals surface area contributed by atoms with E-state index in [1.807, 2.05) is 0 Å². The summed E-state index contributed by atoms with van der Waals surface area (Å²) in [5.74, 6) is -0.272. The summed E-state index contributed by atoms with van der Waals surface area (Å²) in [6.07, 6.45) is 3.25. The Morgan fingerprint density at radius 2 is 2.16 bits per heavy atom. The van der Waals surface area contributed by atoms with Gasteiger partial charge in [-0.1, -0.05) is 16.8 Å². The second-order valence-corrected chi connectivity index (χ2v) is 6.59. The molecule has 130 valence electrons. The topological polar surface area (TPSA) is 109 Å². The fourth-order valence-electron chi connectivity index (χ4n) is 2.49. The van der Waals surface area contributed by atoms with Gasteiger partial charge in [0.05, 0.1) is 17.0 Å².